The van der Waals surface area contributed by atoms with E-state index >= 15 is 0 Å². The predicted octanol–water partition coefficient (Wildman–Crippen LogP) is 4.30. The maximum atomic E-state index is 14.4. The summed E-state index contributed by atoms with van der Waals surface area (Å²) in [7, 11) is 1.53. The van der Waals surface area contributed by atoms with Gasteiger partial charge in [0.05, 0.1) is 36.5 Å². The van der Waals surface area contributed by atoms with Gasteiger partial charge < -0.3 is 20.5 Å². The summed E-state index contributed by atoms with van der Waals surface area (Å²) >= 11 is 0. The van der Waals surface area contributed by atoms with E-state index in [1.165, 1.54) is 19.2 Å². The van der Waals surface area contributed by atoms with Crippen LogP contribution in [-0.4, -0.2) is 46.9 Å². The van der Waals surface area contributed by atoms with Crippen LogP contribution in [0.2, 0.25) is 0 Å². The molecule has 1 atom stereocenters. The molecule has 10 nitrogen and oxygen atoms in total. The number of hydrogen-bond donors (Lipinski definition) is 3. The van der Waals surface area contributed by atoms with Crippen LogP contribution in [0.25, 0.3) is 17.0 Å². The van der Waals surface area contributed by atoms with Crippen LogP contribution in [0.4, 0.5) is 15.1 Å². The van der Waals surface area contributed by atoms with Gasteiger partial charge in [-0.1, -0.05) is 18.2 Å². The highest BCUT2D eigenvalue weighted by molar-refractivity contribution is 5.73. The number of carbonyl (C=O) groups excluding carboxylic acids is 1. The first-order valence-electron chi connectivity index (χ1n) is 12.5. The zero-order valence-corrected chi connectivity index (χ0v) is 22.7. The van der Waals surface area contributed by atoms with Gasteiger partial charge in [0.2, 0.25) is 11.8 Å². The topological polar surface area (TPSA) is 134 Å². The molecule has 1 aliphatic carbocycles. The Morgan fingerprint density at radius 1 is 1.18 bits per heavy atom. The zero-order chi connectivity index (χ0) is 28.2. The normalized spacial score (nSPS) is 14.7. The van der Waals surface area contributed by atoms with E-state index in [2.05, 4.69) is 25.7 Å². The van der Waals surface area contributed by atoms with Crippen LogP contribution in [-0.2, 0) is 16.0 Å². The molecule has 11 heteroatoms. The number of methoxy groups -OCH3 is 1. The van der Waals surface area contributed by atoms with Crippen molar-refractivity contribution in [3.05, 3.63) is 70.8 Å². The summed E-state index contributed by atoms with van der Waals surface area (Å²) in [6.45, 7) is 7.62. The number of anilines is 1. The van der Waals surface area contributed by atoms with E-state index in [0.717, 1.165) is 16.8 Å². The molecule has 0 saturated carbocycles. The van der Waals surface area contributed by atoms with Crippen LogP contribution in [0.15, 0.2) is 42.5 Å². The van der Waals surface area contributed by atoms with Gasteiger partial charge in [0.25, 0.3) is 0 Å². The summed E-state index contributed by atoms with van der Waals surface area (Å²) in [5.41, 5.74) is 13.3. The van der Waals surface area contributed by atoms with E-state index in [9.17, 15) is 9.18 Å². The number of nitrogens with two attached hydrogens (primary N) is 1. The molecule has 206 valence electrons. The maximum Gasteiger partial charge on any atom is 0.407 e. The summed E-state index contributed by atoms with van der Waals surface area (Å²) < 4.78 is 24.9. The Labute approximate surface area is 226 Å². The number of benzene rings is 1. The fourth-order valence-corrected chi connectivity index (χ4v) is 4.39. The van der Waals surface area contributed by atoms with Gasteiger partial charge in [-0.25, -0.2) is 24.1 Å². The number of amides is 1. The highest BCUT2D eigenvalue weighted by atomic mass is 19.1. The van der Waals surface area contributed by atoms with E-state index in [0.29, 0.717) is 34.9 Å². The lowest BCUT2D eigenvalue weighted by Gasteiger charge is -2.27. The van der Waals surface area contributed by atoms with Crippen molar-refractivity contribution >= 4 is 17.7 Å². The number of ether oxygens (including phenoxy) is 2. The molecule has 4 N–H and O–H groups in total. The summed E-state index contributed by atoms with van der Waals surface area (Å²) in [6.07, 6.45) is 1.98. The molecular weight excluding hydrogens is 503 g/mol. The molecule has 1 aromatic carbocycles. The molecule has 0 saturated heterocycles. The van der Waals surface area contributed by atoms with Crippen LogP contribution in [0.5, 0.6) is 5.88 Å². The fourth-order valence-electron chi connectivity index (χ4n) is 4.39. The highest BCUT2D eigenvalue weighted by Gasteiger charge is 2.27. The number of halogens is 1. The lowest BCUT2D eigenvalue weighted by molar-refractivity contribution is 0.0456. The molecule has 0 bridgehead atoms. The SMILES string of the molecule is COc1cccc(-c2cc(F)ccc2C2C=C(NOCCNC(=O)OC(C)(C)C)c3c(C)nc(N)nc3C2)n1. The van der Waals surface area contributed by atoms with E-state index < -0.39 is 11.7 Å². The molecule has 39 heavy (non-hydrogen) atoms. The molecule has 1 aliphatic rings. The van der Waals surface area contributed by atoms with Gasteiger partial charge in [0, 0.05) is 36.1 Å². The number of pyridine rings is 1. The first-order chi connectivity index (χ1) is 18.5. The lowest BCUT2D eigenvalue weighted by atomic mass is 9.83. The van der Waals surface area contributed by atoms with Crippen molar-refractivity contribution in [3.63, 3.8) is 0 Å². The molecule has 0 radical (unpaired) electrons. The van der Waals surface area contributed by atoms with Gasteiger partial charge in [0.15, 0.2) is 0 Å². The maximum absolute atomic E-state index is 14.4. The third-order valence-electron chi connectivity index (χ3n) is 5.91. The van der Waals surface area contributed by atoms with Crippen molar-refractivity contribution in [3.8, 4) is 17.1 Å². The van der Waals surface area contributed by atoms with Gasteiger partial charge >= 0.3 is 6.09 Å². The average molecular weight is 537 g/mol. The Morgan fingerprint density at radius 2 is 1.97 bits per heavy atom. The third-order valence-corrected chi connectivity index (χ3v) is 5.91. The van der Waals surface area contributed by atoms with Crippen LogP contribution >= 0.6 is 0 Å². The van der Waals surface area contributed by atoms with Crippen LogP contribution in [0.1, 0.15) is 49.2 Å². The van der Waals surface area contributed by atoms with Crippen LogP contribution in [0, 0.1) is 12.7 Å². The lowest BCUT2D eigenvalue weighted by Crippen LogP contribution is -2.35. The van der Waals surface area contributed by atoms with Crippen molar-refractivity contribution < 1.29 is 23.5 Å². The first-order valence-corrected chi connectivity index (χ1v) is 12.5. The number of nitrogens with one attached hydrogen (secondary N) is 2. The Hall–Kier alpha value is -4.25. The molecule has 0 aliphatic heterocycles. The minimum atomic E-state index is -0.589. The Balaban J connectivity index is 1.60. The predicted molar refractivity (Wildman–Crippen MR) is 145 cm³/mol. The first kappa shape index (κ1) is 27.8. The van der Waals surface area contributed by atoms with Gasteiger partial charge in [-0.3, -0.25) is 10.3 Å². The number of aryl methyl sites for hydroxylation is 1. The second-order valence-electron chi connectivity index (χ2n) is 10.1. The molecule has 0 spiro atoms. The Bertz CT molecular complexity index is 1390. The van der Waals surface area contributed by atoms with Crippen molar-refractivity contribution in [1.29, 1.82) is 0 Å². The second-order valence-corrected chi connectivity index (χ2v) is 10.1. The van der Waals surface area contributed by atoms with E-state index in [1.54, 1.807) is 32.9 Å². The summed E-state index contributed by atoms with van der Waals surface area (Å²) in [4.78, 5) is 30.9. The van der Waals surface area contributed by atoms with Gasteiger partial charge in [-0.2, -0.15) is 0 Å². The minimum Gasteiger partial charge on any atom is -0.481 e. The number of hydrogen-bond acceptors (Lipinski definition) is 9. The molecule has 2 heterocycles. The molecule has 0 fully saturated rings. The molecule has 4 rings (SSSR count). The number of fused-ring (bicyclic) bond motifs is 1. The molecule has 1 unspecified atom stereocenters. The van der Waals surface area contributed by atoms with E-state index in [1.807, 2.05) is 25.1 Å². The fraction of sp³-hybridized carbons (Fsp3) is 0.357. The summed E-state index contributed by atoms with van der Waals surface area (Å²) in [5, 5.41) is 2.65. The molecule has 1 amide bonds. The van der Waals surface area contributed by atoms with Crippen LogP contribution < -0.4 is 21.3 Å². The number of alkyl carbamates (subject to hydrolysis) is 1. The van der Waals surface area contributed by atoms with Crippen molar-refractivity contribution in [2.45, 2.75) is 45.6 Å². The van der Waals surface area contributed by atoms with Crippen molar-refractivity contribution in [1.82, 2.24) is 25.7 Å². The van der Waals surface area contributed by atoms with Gasteiger partial charge in [-0.05, 0) is 51.5 Å². The quantitative estimate of drug-likeness (QED) is 0.284. The number of aromatic nitrogens is 3. The van der Waals surface area contributed by atoms with E-state index in [-0.39, 0.29) is 30.8 Å². The average Bonchev–Trinajstić information content (AvgIpc) is 2.86. The van der Waals surface area contributed by atoms with E-state index in [4.69, 9.17) is 20.0 Å². The minimum absolute atomic E-state index is 0.168. The largest absolute Gasteiger partial charge is 0.481 e. The number of nitrogen functional groups attached to an aromatic ring is 1. The summed E-state index contributed by atoms with van der Waals surface area (Å²) in [5.74, 6) is 0.0163. The van der Waals surface area contributed by atoms with Gasteiger partial charge in [-0.15, -0.1) is 0 Å². The number of nitrogens with zero attached hydrogens (tertiary/aromatic N) is 3. The Kier molecular flexibility index (Phi) is 8.29. The monoisotopic (exact) mass is 536 g/mol. The molecule has 2 aromatic heterocycles. The number of allylic oxidation sites excluding steroid dienone is 1. The molecular formula is C28H33FN6O4. The highest BCUT2D eigenvalue weighted by Crippen LogP contribution is 2.38. The second kappa shape index (κ2) is 11.6. The number of carbonyl (C=O) groups is 1. The summed E-state index contributed by atoms with van der Waals surface area (Å²) in [6, 6.07) is 9.99. The number of rotatable bonds is 8. The Morgan fingerprint density at radius 3 is 2.72 bits per heavy atom. The van der Waals surface area contributed by atoms with Crippen molar-refractivity contribution in [2.75, 3.05) is 26.0 Å². The smallest absolute Gasteiger partial charge is 0.407 e. The molecule has 3 aromatic rings. The van der Waals surface area contributed by atoms with Gasteiger partial charge in [0.1, 0.15) is 11.4 Å². The zero-order valence-electron chi connectivity index (χ0n) is 22.7. The third kappa shape index (κ3) is 6.99. The number of hydroxylamine groups is 1. The van der Waals surface area contributed by atoms with Crippen LogP contribution in [0.3, 0.4) is 0 Å². The standard InChI is InChI=1S/C28H33FN6O4/c1-16-25-22(34-26(30)32-16)13-17(14-23(25)35-38-12-11-31-27(36)39-28(2,3)4)19-10-9-18(29)15-20(19)21-7-6-8-24(33-21)37-5/h6-10,14-15,17,35H,11-13H2,1-5H3,(H,31,36)(H2,30,32,34). The van der Waals surface area contributed by atoms with Crippen molar-refractivity contribution in [2.24, 2.45) is 0 Å².